The zero-order chi connectivity index (χ0) is 9.78. The summed E-state index contributed by atoms with van der Waals surface area (Å²) in [5, 5.41) is 15.0. The molecule has 0 amide bonds. The van der Waals surface area contributed by atoms with Crippen molar-refractivity contribution >= 4 is 0 Å². The summed E-state index contributed by atoms with van der Waals surface area (Å²) >= 11 is -3.17. The van der Waals surface area contributed by atoms with Gasteiger partial charge in [-0.05, 0) is 0 Å². The van der Waals surface area contributed by atoms with Gasteiger partial charge in [0.25, 0.3) is 0 Å². The first kappa shape index (κ1) is 10.3. The van der Waals surface area contributed by atoms with Crippen LogP contribution in [0.25, 0.3) is 0 Å². The van der Waals surface area contributed by atoms with E-state index in [4.69, 9.17) is 0 Å². The van der Waals surface area contributed by atoms with E-state index < -0.39 is 12.7 Å². The summed E-state index contributed by atoms with van der Waals surface area (Å²) < 4.78 is 1.67. The molecular formula is C11H23Ti. The SMILES string of the molecule is [CH3][Ti]([CH3])([CH3])([CH3])([CH3])([CH3])[C]1=CC=CC1. The second kappa shape index (κ2) is 1.46. The molecule has 0 bridgehead atoms. The molecular weight excluding hydrogens is 180 g/mol. The Morgan fingerprint density at radius 2 is 1.50 bits per heavy atom. The van der Waals surface area contributed by atoms with E-state index in [-0.39, 0.29) is 0 Å². The molecule has 0 spiro atoms. The van der Waals surface area contributed by atoms with Gasteiger partial charge in [-0.1, -0.05) is 0 Å². The van der Waals surface area contributed by atoms with Crippen LogP contribution in [0.4, 0.5) is 0 Å². The Hall–Kier alpha value is 0.194. The molecule has 1 rings (SSSR count). The molecule has 1 aliphatic carbocycles. The van der Waals surface area contributed by atoms with E-state index >= 15 is 0 Å². The third-order valence-electron chi connectivity index (χ3n) is 2.70. The maximum absolute atomic E-state index is 3.17. The predicted octanol–water partition coefficient (Wildman–Crippen LogP) is 4.88. The summed E-state index contributed by atoms with van der Waals surface area (Å²) in [5.41, 5.74) is 0. The Labute approximate surface area is 72.7 Å². The molecule has 0 fully saturated rings. The van der Waals surface area contributed by atoms with E-state index in [1.807, 2.05) is 0 Å². The van der Waals surface area contributed by atoms with Crippen molar-refractivity contribution in [3.8, 4) is 0 Å². The molecule has 71 valence electrons. The van der Waals surface area contributed by atoms with Gasteiger partial charge in [0.05, 0.1) is 0 Å². The summed E-state index contributed by atoms with van der Waals surface area (Å²) in [6.07, 6.45) is 7.97. The van der Waals surface area contributed by atoms with Crippen molar-refractivity contribution in [1.29, 1.82) is 0 Å². The fourth-order valence-corrected chi connectivity index (χ4v) is 5.37. The van der Waals surface area contributed by atoms with Crippen molar-refractivity contribution < 1.29 is 12.7 Å². The average molecular weight is 203 g/mol. The van der Waals surface area contributed by atoms with Crippen LogP contribution in [0, 0.1) is 0 Å². The molecule has 0 radical (unpaired) electrons. The van der Waals surface area contributed by atoms with Crippen molar-refractivity contribution in [2.75, 3.05) is 0 Å². The second-order valence-electron chi connectivity index (χ2n) is 10.3. The Balaban J connectivity index is 3.37. The molecule has 0 N–H and O–H groups in total. The molecule has 12 heavy (non-hydrogen) atoms. The Morgan fingerprint density at radius 3 is 1.67 bits per heavy atom. The topological polar surface area (TPSA) is 0 Å². The molecule has 0 aromatic rings. The van der Waals surface area contributed by atoms with Crippen LogP contribution in [0.15, 0.2) is 22.1 Å². The number of hydrogen-bond donors (Lipinski definition) is 0. The van der Waals surface area contributed by atoms with Crippen LogP contribution in [-0.4, -0.2) is 0 Å². The van der Waals surface area contributed by atoms with Crippen LogP contribution in [0.1, 0.15) is 6.42 Å². The number of rotatable bonds is 1. The summed E-state index contributed by atoms with van der Waals surface area (Å²) in [5.74, 6) is 0. The third kappa shape index (κ3) is 2.34. The van der Waals surface area contributed by atoms with Gasteiger partial charge in [-0.15, -0.1) is 0 Å². The third-order valence-corrected chi connectivity index (χ3v) is 9.29. The quantitative estimate of drug-likeness (QED) is 0.533. The minimum absolute atomic E-state index is 1.17. The van der Waals surface area contributed by atoms with Crippen LogP contribution >= 0.6 is 0 Å². The zero-order valence-electron chi connectivity index (χ0n) is 9.44. The van der Waals surface area contributed by atoms with Crippen molar-refractivity contribution in [2.24, 2.45) is 0 Å². The summed E-state index contributed by atoms with van der Waals surface area (Å²) in [4.78, 5) is 0. The normalized spacial score (nSPS) is 26.8. The van der Waals surface area contributed by atoms with Crippen LogP contribution < -0.4 is 0 Å². The summed E-state index contributed by atoms with van der Waals surface area (Å²) in [7, 11) is 0. The van der Waals surface area contributed by atoms with E-state index in [1.54, 1.807) is 3.88 Å². The van der Waals surface area contributed by atoms with Gasteiger partial charge in [-0.2, -0.15) is 0 Å². The van der Waals surface area contributed by atoms with Crippen molar-refractivity contribution in [3.05, 3.63) is 22.1 Å². The first-order valence-electron chi connectivity index (χ1n) is 4.97. The second-order valence-corrected chi connectivity index (χ2v) is 39.4. The molecule has 1 heteroatoms. The average Bonchev–Trinajstić information content (AvgIpc) is 1.99. The zero-order valence-corrected chi connectivity index (χ0v) is 11.0. The summed E-state index contributed by atoms with van der Waals surface area (Å²) in [6, 6.07) is 0. The first-order chi connectivity index (χ1) is 4.80. The Morgan fingerprint density at radius 1 is 1.00 bits per heavy atom. The van der Waals surface area contributed by atoms with E-state index in [1.165, 1.54) is 6.42 Å². The molecule has 0 aromatic carbocycles. The van der Waals surface area contributed by atoms with E-state index in [0.717, 1.165) is 0 Å². The van der Waals surface area contributed by atoms with Gasteiger partial charge < -0.3 is 0 Å². The molecule has 0 unspecified atom stereocenters. The fraction of sp³-hybridized carbons (Fsp3) is 0.636. The maximum atomic E-state index is 2.50. The number of allylic oxidation sites excluding steroid dienone is 4. The van der Waals surface area contributed by atoms with Crippen LogP contribution in [0.2, 0.25) is 31.4 Å². The molecule has 0 heterocycles. The van der Waals surface area contributed by atoms with Crippen LogP contribution in [0.5, 0.6) is 0 Å². The minimum atomic E-state index is -3.17. The monoisotopic (exact) mass is 203 g/mol. The Bertz CT molecular complexity index is 280. The van der Waals surface area contributed by atoms with E-state index in [9.17, 15) is 0 Å². The molecule has 1 aliphatic rings. The number of hydrogen-bond acceptors (Lipinski definition) is 0. The molecule has 0 saturated carbocycles. The van der Waals surface area contributed by atoms with Gasteiger partial charge in [-0.3, -0.25) is 0 Å². The molecule has 0 nitrogen and oxygen atoms in total. The van der Waals surface area contributed by atoms with E-state index in [2.05, 4.69) is 49.6 Å². The first-order valence-corrected chi connectivity index (χ1v) is 15.1. The fourth-order valence-electron chi connectivity index (χ4n) is 1.56. The van der Waals surface area contributed by atoms with Gasteiger partial charge in [0.15, 0.2) is 0 Å². The molecule has 0 saturated heterocycles. The molecule has 0 aromatic heterocycles. The van der Waals surface area contributed by atoms with Crippen molar-refractivity contribution in [2.45, 2.75) is 37.8 Å². The standard InChI is InChI=1S/C5H5.6CH3.Ti/c1-2-4-5-3-1;;;;;;;/h1-3H,4H2;6*1H3;. The van der Waals surface area contributed by atoms with Gasteiger partial charge in [0, 0.05) is 0 Å². The van der Waals surface area contributed by atoms with Gasteiger partial charge in [0.2, 0.25) is 0 Å². The van der Waals surface area contributed by atoms with Crippen molar-refractivity contribution in [3.63, 3.8) is 0 Å². The van der Waals surface area contributed by atoms with Gasteiger partial charge in [-0.25, -0.2) is 0 Å². The van der Waals surface area contributed by atoms with E-state index in [0.29, 0.717) is 0 Å². The summed E-state index contributed by atoms with van der Waals surface area (Å²) in [6.45, 7) is 0. The molecule has 0 atom stereocenters. The van der Waals surface area contributed by atoms with Gasteiger partial charge in [0.1, 0.15) is 0 Å². The van der Waals surface area contributed by atoms with Crippen molar-refractivity contribution in [1.82, 2.24) is 0 Å². The van der Waals surface area contributed by atoms with Gasteiger partial charge >= 0.3 is 72.6 Å². The van der Waals surface area contributed by atoms with Crippen LogP contribution in [0.3, 0.4) is 0 Å². The van der Waals surface area contributed by atoms with Crippen LogP contribution in [-0.2, 0) is 12.7 Å². The Kier molecular flexibility index (Phi) is 1.25. The predicted molar refractivity (Wildman–Crippen MR) is 57.0 cm³/mol. The molecule has 0 aliphatic heterocycles.